The molecule has 2 N–H and O–H groups in total. The fourth-order valence-electron chi connectivity index (χ4n) is 3.17. The van der Waals surface area contributed by atoms with Crippen LogP contribution in [0.2, 0.25) is 0 Å². The largest absolute Gasteiger partial charge is 0.329 e. The fraction of sp³-hybridized carbons (Fsp3) is 1.00. The maximum absolute atomic E-state index is 6.04. The topological polar surface area (TPSA) is 29.3 Å². The van der Waals surface area contributed by atoms with Gasteiger partial charge in [0.15, 0.2) is 0 Å². The molecule has 1 saturated heterocycles. The first-order valence-corrected chi connectivity index (χ1v) is 7.00. The van der Waals surface area contributed by atoms with Crippen molar-refractivity contribution in [2.24, 2.45) is 11.7 Å². The van der Waals surface area contributed by atoms with Gasteiger partial charge in [-0.2, -0.15) is 0 Å². The van der Waals surface area contributed by atoms with Gasteiger partial charge in [-0.3, -0.25) is 4.90 Å². The average Bonchev–Trinajstić information content (AvgIpc) is 2.58. The smallest absolute Gasteiger partial charge is 0.0306 e. The summed E-state index contributed by atoms with van der Waals surface area (Å²) in [4.78, 5) is 2.66. The summed E-state index contributed by atoms with van der Waals surface area (Å²) >= 11 is 0. The Morgan fingerprint density at radius 2 is 2.00 bits per heavy atom. The second-order valence-corrected chi connectivity index (χ2v) is 6.00. The van der Waals surface area contributed by atoms with E-state index < -0.39 is 0 Å². The van der Waals surface area contributed by atoms with Gasteiger partial charge in [-0.15, -0.1) is 0 Å². The van der Waals surface area contributed by atoms with E-state index in [1.54, 1.807) is 0 Å². The van der Waals surface area contributed by atoms with Gasteiger partial charge in [-0.05, 0) is 32.6 Å². The molecule has 16 heavy (non-hydrogen) atoms. The van der Waals surface area contributed by atoms with Crippen molar-refractivity contribution in [3.05, 3.63) is 0 Å². The van der Waals surface area contributed by atoms with Gasteiger partial charge in [0.25, 0.3) is 0 Å². The lowest BCUT2D eigenvalue weighted by Gasteiger charge is -2.41. The van der Waals surface area contributed by atoms with Crippen LogP contribution in [0.1, 0.15) is 59.8 Å². The molecule has 96 valence electrons. The molecule has 0 aromatic heterocycles. The Balaban J connectivity index is 2.56. The number of hydrogen-bond acceptors (Lipinski definition) is 2. The van der Waals surface area contributed by atoms with Crippen molar-refractivity contribution in [2.45, 2.75) is 71.4 Å². The quantitative estimate of drug-likeness (QED) is 0.705. The minimum absolute atomic E-state index is 0.235. The molecule has 1 aliphatic rings. The minimum Gasteiger partial charge on any atom is -0.329 e. The van der Waals surface area contributed by atoms with E-state index in [2.05, 4.69) is 32.6 Å². The molecule has 0 bridgehead atoms. The summed E-state index contributed by atoms with van der Waals surface area (Å²) in [6, 6.07) is 0.713. The first-order valence-electron chi connectivity index (χ1n) is 7.00. The van der Waals surface area contributed by atoms with Gasteiger partial charge in [-0.1, -0.05) is 33.1 Å². The number of nitrogens with two attached hydrogens (primary N) is 1. The molecule has 2 heteroatoms. The number of likely N-dealkylation sites (tertiary alicyclic amines) is 1. The summed E-state index contributed by atoms with van der Waals surface area (Å²) in [5, 5.41) is 0. The second kappa shape index (κ2) is 6.02. The van der Waals surface area contributed by atoms with Crippen LogP contribution in [0.3, 0.4) is 0 Å². The highest BCUT2D eigenvalue weighted by atomic mass is 15.2. The van der Waals surface area contributed by atoms with E-state index in [9.17, 15) is 0 Å². The highest BCUT2D eigenvalue weighted by molar-refractivity contribution is 4.94. The highest BCUT2D eigenvalue weighted by Gasteiger charge is 2.38. The molecule has 0 amide bonds. The predicted molar refractivity (Wildman–Crippen MR) is 71.6 cm³/mol. The Morgan fingerprint density at radius 1 is 1.31 bits per heavy atom. The van der Waals surface area contributed by atoms with E-state index in [1.807, 2.05) is 0 Å². The summed E-state index contributed by atoms with van der Waals surface area (Å²) in [7, 11) is 0. The zero-order chi connectivity index (χ0) is 12.2. The van der Waals surface area contributed by atoms with Crippen LogP contribution in [-0.4, -0.2) is 29.6 Å². The minimum atomic E-state index is 0.235. The van der Waals surface area contributed by atoms with Crippen LogP contribution in [-0.2, 0) is 0 Å². The number of nitrogens with zero attached hydrogens (tertiary/aromatic N) is 1. The Morgan fingerprint density at radius 3 is 2.44 bits per heavy atom. The van der Waals surface area contributed by atoms with Crippen molar-refractivity contribution in [1.82, 2.24) is 4.90 Å². The maximum Gasteiger partial charge on any atom is 0.0306 e. The molecule has 0 aromatic rings. The summed E-state index contributed by atoms with van der Waals surface area (Å²) in [5.41, 5.74) is 6.27. The first kappa shape index (κ1) is 14.0. The van der Waals surface area contributed by atoms with Crippen LogP contribution in [0.15, 0.2) is 0 Å². The van der Waals surface area contributed by atoms with Gasteiger partial charge in [0.1, 0.15) is 0 Å². The van der Waals surface area contributed by atoms with Gasteiger partial charge >= 0.3 is 0 Å². The van der Waals surface area contributed by atoms with E-state index in [4.69, 9.17) is 5.73 Å². The molecule has 1 fully saturated rings. The standard InChI is InChI=1S/C14H30N2/c1-5-6-7-8-14(4,11-15)16-10-12(2)9-13(16)3/h12-13H,5-11,15H2,1-4H3. The lowest BCUT2D eigenvalue weighted by atomic mass is 9.91. The van der Waals surface area contributed by atoms with Gasteiger partial charge < -0.3 is 5.73 Å². The van der Waals surface area contributed by atoms with E-state index in [0.29, 0.717) is 6.04 Å². The molecule has 1 aliphatic heterocycles. The van der Waals surface area contributed by atoms with E-state index in [-0.39, 0.29) is 5.54 Å². The summed E-state index contributed by atoms with van der Waals surface area (Å²) in [5.74, 6) is 0.840. The van der Waals surface area contributed by atoms with Crippen LogP contribution in [0.5, 0.6) is 0 Å². The zero-order valence-corrected chi connectivity index (χ0v) is 11.6. The summed E-state index contributed by atoms with van der Waals surface area (Å²) < 4.78 is 0. The van der Waals surface area contributed by atoms with Crippen molar-refractivity contribution in [3.8, 4) is 0 Å². The van der Waals surface area contributed by atoms with Gasteiger partial charge in [0.2, 0.25) is 0 Å². The monoisotopic (exact) mass is 226 g/mol. The SMILES string of the molecule is CCCCCC(C)(CN)N1CC(C)CC1C. The normalized spacial score (nSPS) is 30.6. The molecule has 0 aromatic carbocycles. The van der Waals surface area contributed by atoms with Crippen molar-refractivity contribution in [3.63, 3.8) is 0 Å². The van der Waals surface area contributed by atoms with Crippen LogP contribution < -0.4 is 5.73 Å². The van der Waals surface area contributed by atoms with Crippen LogP contribution in [0, 0.1) is 5.92 Å². The number of unbranched alkanes of at least 4 members (excludes halogenated alkanes) is 2. The third-order valence-corrected chi connectivity index (χ3v) is 4.24. The number of hydrogen-bond donors (Lipinski definition) is 1. The molecular weight excluding hydrogens is 196 g/mol. The van der Waals surface area contributed by atoms with Crippen molar-refractivity contribution in [1.29, 1.82) is 0 Å². The van der Waals surface area contributed by atoms with Crippen LogP contribution in [0.4, 0.5) is 0 Å². The first-order chi connectivity index (χ1) is 7.53. The van der Waals surface area contributed by atoms with Crippen molar-refractivity contribution in [2.75, 3.05) is 13.1 Å². The third-order valence-electron chi connectivity index (χ3n) is 4.24. The highest BCUT2D eigenvalue weighted by Crippen LogP contribution is 2.32. The average molecular weight is 226 g/mol. The molecule has 0 aliphatic carbocycles. The molecule has 3 atom stereocenters. The summed E-state index contributed by atoms with van der Waals surface area (Å²) in [6.45, 7) is 11.4. The maximum atomic E-state index is 6.04. The van der Waals surface area contributed by atoms with Crippen LogP contribution >= 0.6 is 0 Å². The van der Waals surface area contributed by atoms with Crippen molar-refractivity contribution >= 4 is 0 Å². The fourth-order valence-corrected chi connectivity index (χ4v) is 3.17. The third kappa shape index (κ3) is 3.21. The molecule has 1 rings (SSSR count). The van der Waals surface area contributed by atoms with E-state index >= 15 is 0 Å². The van der Waals surface area contributed by atoms with E-state index in [0.717, 1.165) is 12.5 Å². The van der Waals surface area contributed by atoms with Crippen molar-refractivity contribution < 1.29 is 0 Å². The predicted octanol–water partition coefficient (Wildman–Crippen LogP) is 3.01. The summed E-state index contributed by atoms with van der Waals surface area (Å²) in [6.07, 6.45) is 6.56. The second-order valence-electron chi connectivity index (χ2n) is 6.00. The Hall–Kier alpha value is -0.0800. The van der Waals surface area contributed by atoms with E-state index in [1.165, 1.54) is 38.6 Å². The molecule has 3 unspecified atom stereocenters. The Kier molecular flexibility index (Phi) is 5.26. The Labute approximate surface area is 102 Å². The van der Waals surface area contributed by atoms with Gasteiger partial charge in [0, 0.05) is 24.7 Å². The molecular formula is C14H30N2. The Bertz CT molecular complexity index is 205. The van der Waals surface area contributed by atoms with Gasteiger partial charge in [0.05, 0.1) is 0 Å². The van der Waals surface area contributed by atoms with Gasteiger partial charge in [-0.25, -0.2) is 0 Å². The molecule has 1 heterocycles. The van der Waals surface area contributed by atoms with Crippen LogP contribution in [0.25, 0.3) is 0 Å². The number of rotatable bonds is 6. The molecule has 0 spiro atoms. The lowest BCUT2D eigenvalue weighted by Crippen LogP contribution is -2.53. The molecule has 0 radical (unpaired) electrons. The molecule has 0 saturated carbocycles. The zero-order valence-electron chi connectivity index (χ0n) is 11.6. The molecule has 2 nitrogen and oxygen atoms in total. The lowest BCUT2D eigenvalue weighted by molar-refractivity contribution is 0.0898.